The zero-order valence-electron chi connectivity index (χ0n) is 13.5. The Morgan fingerprint density at radius 3 is 2.78 bits per heavy atom. The van der Waals surface area contributed by atoms with Crippen LogP contribution in [-0.2, 0) is 6.54 Å². The molecule has 0 fully saturated rings. The first kappa shape index (κ1) is 19.8. The van der Waals surface area contributed by atoms with E-state index in [0.29, 0.717) is 19.7 Å². The van der Waals surface area contributed by atoms with Crippen molar-refractivity contribution in [3.8, 4) is 5.75 Å². The van der Waals surface area contributed by atoms with E-state index in [1.807, 2.05) is 24.3 Å². The Kier molecular flexibility index (Phi) is 9.70. The minimum atomic E-state index is 0. The number of rotatable bonds is 7. The second-order valence-electron chi connectivity index (χ2n) is 4.87. The molecule has 2 aromatic rings. The van der Waals surface area contributed by atoms with Gasteiger partial charge < -0.3 is 15.4 Å². The van der Waals surface area contributed by atoms with Gasteiger partial charge in [-0.3, -0.25) is 0 Å². The van der Waals surface area contributed by atoms with Crippen molar-refractivity contribution < 1.29 is 4.74 Å². The van der Waals surface area contributed by atoms with Crippen LogP contribution >= 0.6 is 35.3 Å². The van der Waals surface area contributed by atoms with Crippen LogP contribution < -0.4 is 15.4 Å². The molecule has 0 saturated carbocycles. The van der Waals surface area contributed by atoms with Gasteiger partial charge in [0.05, 0.1) is 13.1 Å². The Balaban J connectivity index is 0.00000264. The largest absolute Gasteiger partial charge is 0.492 e. The van der Waals surface area contributed by atoms with Crippen LogP contribution in [0, 0.1) is 6.92 Å². The molecule has 0 spiro atoms. The zero-order valence-corrected chi connectivity index (χ0v) is 16.7. The molecule has 6 heteroatoms. The molecule has 23 heavy (non-hydrogen) atoms. The highest BCUT2D eigenvalue weighted by atomic mass is 127. The molecule has 0 saturated heterocycles. The van der Waals surface area contributed by atoms with Crippen molar-refractivity contribution in [2.24, 2.45) is 4.99 Å². The third kappa shape index (κ3) is 7.69. The average Bonchev–Trinajstić information content (AvgIpc) is 3.02. The molecule has 0 unspecified atom stereocenters. The lowest BCUT2D eigenvalue weighted by Crippen LogP contribution is -2.39. The van der Waals surface area contributed by atoms with Crippen molar-refractivity contribution in [3.05, 3.63) is 52.2 Å². The quantitative estimate of drug-likeness (QED) is 0.295. The molecule has 2 N–H and O–H groups in total. The Hall–Kier alpha value is -1.28. The fraction of sp³-hybridized carbons (Fsp3) is 0.353. The molecule has 0 aliphatic rings. The number of hydrogen-bond donors (Lipinski definition) is 2. The minimum absolute atomic E-state index is 0. The lowest BCUT2D eigenvalue weighted by Gasteiger charge is -2.12. The first-order valence-electron chi connectivity index (χ1n) is 7.52. The number of aliphatic imine (C=N–C) groups is 1. The van der Waals surface area contributed by atoms with Gasteiger partial charge in [-0.25, -0.2) is 4.99 Å². The molecule has 1 aromatic carbocycles. The van der Waals surface area contributed by atoms with E-state index in [-0.39, 0.29) is 24.0 Å². The van der Waals surface area contributed by atoms with E-state index < -0.39 is 0 Å². The molecule has 0 aliphatic heterocycles. The summed E-state index contributed by atoms with van der Waals surface area (Å²) in [6.45, 7) is 6.98. The highest BCUT2D eigenvalue weighted by Crippen LogP contribution is 2.11. The van der Waals surface area contributed by atoms with Gasteiger partial charge in [-0.1, -0.05) is 18.2 Å². The molecule has 2 rings (SSSR count). The highest BCUT2D eigenvalue weighted by molar-refractivity contribution is 14.0. The van der Waals surface area contributed by atoms with E-state index in [1.165, 1.54) is 10.4 Å². The first-order chi connectivity index (χ1) is 10.8. The number of ether oxygens (including phenoxy) is 1. The van der Waals surface area contributed by atoms with Crippen LogP contribution in [0.15, 0.2) is 46.8 Å². The number of nitrogens with one attached hydrogen (secondary N) is 2. The maximum atomic E-state index is 5.72. The molecule has 0 atom stereocenters. The van der Waals surface area contributed by atoms with E-state index in [1.54, 1.807) is 11.3 Å². The Bertz CT molecular complexity index is 587. The number of hydrogen-bond acceptors (Lipinski definition) is 3. The van der Waals surface area contributed by atoms with Crippen LogP contribution in [0.4, 0.5) is 0 Å². The topological polar surface area (TPSA) is 45.7 Å². The molecule has 0 radical (unpaired) electrons. The SMILES string of the molecule is CCNC(=NCc1cccs1)NCCOc1cccc(C)c1.I. The molecular formula is C17H24IN3OS. The summed E-state index contributed by atoms with van der Waals surface area (Å²) in [6.07, 6.45) is 0. The minimum Gasteiger partial charge on any atom is -0.492 e. The number of guanidine groups is 1. The second-order valence-corrected chi connectivity index (χ2v) is 5.90. The number of aryl methyl sites for hydroxylation is 1. The van der Waals surface area contributed by atoms with Gasteiger partial charge in [-0.15, -0.1) is 35.3 Å². The number of nitrogens with zero attached hydrogens (tertiary/aromatic N) is 1. The van der Waals surface area contributed by atoms with Gasteiger partial charge in [0.15, 0.2) is 5.96 Å². The zero-order chi connectivity index (χ0) is 15.6. The summed E-state index contributed by atoms with van der Waals surface area (Å²) in [5, 5.41) is 8.60. The van der Waals surface area contributed by atoms with Gasteiger partial charge in [0.2, 0.25) is 0 Å². The molecule has 0 bridgehead atoms. The van der Waals surface area contributed by atoms with Crippen LogP contribution in [0.2, 0.25) is 0 Å². The lowest BCUT2D eigenvalue weighted by atomic mass is 10.2. The number of thiophene rings is 1. The highest BCUT2D eigenvalue weighted by Gasteiger charge is 1.99. The Labute approximate surface area is 159 Å². The van der Waals surface area contributed by atoms with Gasteiger partial charge in [0.1, 0.15) is 12.4 Å². The third-order valence-corrected chi connectivity index (χ3v) is 3.83. The Morgan fingerprint density at radius 1 is 1.22 bits per heavy atom. The van der Waals surface area contributed by atoms with E-state index in [0.717, 1.165) is 18.3 Å². The predicted octanol–water partition coefficient (Wildman–Crippen LogP) is 3.81. The van der Waals surface area contributed by atoms with Crippen LogP contribution in [0.5, 0.6) is 5.75 Å². The van der Waals surface area contributed by atoms with Crippen molar-refractivity contribution in [3.63, 3.8) is 0 Å². The maximum absolute atomic E-state index is 5.72. The van der Waals surface area contributed by atoms with Crippen LogP contribution in [-0.4, -0.2) is 25.7 Å². The Morgan fingerprint density at radius 2 is 2.09 bits per heavy atom. The molecular weight excluding hydrogens is 421 g/mol. The van der Waals surface area contributed by atoms with Gasteiger partial charge in [-0.2, -0.15) is 0 Å². The molecule has 0 amide bonds. The fourth-order valence-corrected chi connectivity index (χ4v) is 2.57. The van der Waals surface area contributed by atoms with Crippen LogP contribution in [0.3, 0.4) is 0 Å². The summed E-state index contributed by atoms with van der Waals surface area (Å²) in [5.74, 6) is 1.73. The molecule has 4 nitrogen and oxygen atoms in total. The lowest BCUT2D eigenvalue weighted by molar-refractivity contribution is 0.321. The normalized spacial score (nSPS) is 10.8. The molecule has 1 aromatic heterocycles. The smallest absolute Gasteiger partial charge is 0.191 e. The van der Waals surface area contributed by atoms with Gasteiger partial charge in [0, 0.05) is 11.4 Å². The third-order valence-electron chi connectivity index (χ3n) is 2.97. The van der Waals surface area contributed by atoms with Crippen LogP contribution in [0.1, 0.15) is 17.4 Å². The van der Waals surface area contributed by atoms with E-state index in [2.05, 4.69) is 47.0 Å². The number of halogens is 1. The average molecular weight is 445 g/mol. The fourth-order valence-electron chi connectivity index (χ4n) is 1.94. The van der Waals surface area contributed by atoms with Crippen molar-refractivity contribution in [2.75, 3.05) is 19.7 Å². The molecule has 1 heterocycles. The summed E-state index contributed by atoms with van der Waals surface area (Å²) in [5.41, 5.74) is 1.20. The standard InChI is InChI=1S/C17H23N3OS.HI/c1-3-18-17(20-13-16-8-5-11-22-16)19-9-10-21-15-7-4-6-14(2)12-15;/h4-8,11-12H,3,9-10,13H2,1-2H3,(H2,18,19,20);1H. The maximum Gasteiger partial charge on any atom is 0.191 e. The monoisotopic (exact) mass is 445 g/mol. The number of benzene rings is 1. The predicted molar refractivity (Wildman–Crippen MR) is 109 cm³/mol. The van der Waals surface area contributed by atoms with Crippen molar-refractivity contribution >= 4 is 41.3 Å². The van der Waals surface area contributed by atoms with Gasteiger partial charge >= 0.3 is 0 Å². The summed E-state index contributed by atoms with van der Waals surface area (Å²) < 4.78 is 5.72. The van der Waals surface area contributed by atoms with Gasteiger partial charge in [0.25, 0.3) is 0 Å². The van der Waals surface area contributed by atoms with E-state index in [9.17, 15) is 0 Å². The van der Waals surface area contributed by atoms with Crippen molar-refractivity contribution in [1.82, 2.24) is 10.6 Å². The van der Waals surface area contributed by atoms with E-state index >= 15 is 0 Å². The van der Waals surface area contributed by atoms with E-state index in [4.69, 9.17) is 4.74 Å². The summed E-state index contributed by atoms with van der Waals surface area (Å²) in [7, 11) is 0. The summed E-state index contributed by atoms with van der Waals surface area (Å²) in [6, 6.07) is 12.2. The first-order valence-corrected chi connectivity index (χ1v) is 8.40. The molecule has 126 valence electrons. The summed E-state index contributed by atoms with van der Waals surface area (Å²) >= 11 is 1.72. The van der Waals surface area contributed by atoms with Gasteiger partial charge in [-0.05, 0) is 43.0 Å². The second kappa shape index (κ2) is 11.3. The van der Waals surface area contributed by atoms with Crippen LogP contribution in [0.25, 0.3) is 0 Å². The van der Waals surface area contributed by atoms with Crippen molar-refractivity contribution in [1.29, 1.82) is 0 Å². The molecule has 0 aliphatic carbocycles. The van der Waals surface area contributed by atoms with Crippen molar-refractivity contribution in [2.45, 2.75) is 20.4 Å². The summed E-state index contributed by atoms with van der Waals surface area (Å²) in [4.78, 5) is 5.82.